The van der Waals surface area contributed by atoms with E-state index >= 15 is 0 Å². The fourth-order valence-electron chi connectivity index (χ4n) is 2.01. The predicted molar refractivity (Wildman–Crippen MR) is 67.1 cm³/mol. The molecule has 1 atom stereocenters. The number of hydrogen-bond acceptors (Lipinski definition) is 3. The molecule has 0 fully saturated rings. The molecule has 0 saturated heterocycles. The molecule has 18 heavy (non-hydrogen) atoms. The molecule has 1 aromatic carbocycles. The van der Waals surface area contributed by atoms with E-state index < -0.39 is 11.9 Å². The van der Waals surface area contributed by atoms with Crippen molar-refractivity contribution in [1.82, 2.24) is 0 Å². The van der Waals surface area contributed by atoms with Crippen LogP contribution in [-0.4, -0.2) is 7.11 Å². The molecule has 0 aliphatic heterocycles. The summed E-state index contributed by atoms with van der Waals surface area (Å²) in [5.74, 6) is 0.560. The number of nitrogens with two attached hydrogens (primary N) is 1. The predicted octanol–water partition coefficient (Wildman–Crippen LogP) is 3.04. The Bertz CT molecular complexity index is 536. The number of furan rings is 1. The molecule has 1 heterocycles. The van der Waals surface area contributed by atoms with Crippen LogP contribution in [0, 0.1) is 5.82 Å². The standard InChI is InChI=1S/C14H16FNO2/c1-3-11-9(7-8-18-11)14(16)10-5-4-6-12(17-2)13(10)15/h4-8,14H,3,16H2,1-2H3. The van der Waals surface area contributed by atoms with Gasteiger partial charge in [-0.05, 0) is 12.1 Å². The molecule has 2 aromatic rings. The second kappa shape index (κ2) is 5.23. The van der Waals surface area contributed by atoms with Crippen LogP contribution in [0.2, 0.25) is 0 Å². The SMILES string of the molecule is CCc1occc1C(N)c1cccc(OC)c1F. The van der Waals surface area contributed by atoms with E-state index in [2.05, 4.69) is 0 Å². The van der Waals surface area contributed by atoms with Gasteiger partial charge in [0.05, 0.1) is 19.4 Å². The maximum absolute atomic E-state index is 14.1. The number of halogens is 1. The second-order valence-corrected chi connectivity index (χ2v) is 3.99. The van der Waals surface area contributed by atoms with Crippen molar-refractivity contribution < 1.29 is 13.5 Å². The van der Waals surface area contributed by atoms with Crippen LogP contribution < -0.4 is 10.5 Å². The molecule has 96 valence electrons. The lowest BCUT2D eigenvalue weighted by molar-refractivity contribution is 0.383. The zero-order chi connectivity index (χ0) is 13.1. The Morgan fingerprint density at radius 2 is 2.11 bits per heavy atom. The molecule has 4 heteroatoms. The highest BCUT2D eigenvalue weighted by atomic mass is 19.1. The number of methoxy groups -OCH3 is 1. The molecule has 0 saturated carbocycles. The van der Waals surface area contributed by atoms with Crippen LogP contribution in [0.5, 0.6) is 5.75 Å². The van der Waals surface area contributed by atoms with Crippen molar-refractivity contribution in [3.63, 3.8) is 0 Å². The maximum atomic E-state index is 14.1. The minimum atomic E-state index is -0.547. The third kappa shape index (κ3) is 2.11. The molecule has 2 rings (SSSR count). The van der Waals surface area contributed by atoms with Crippen molar-refractivity contribution >= 4 is 0 Å². The van der Waals surface area contributed by atoms with Gasteiger partial charge >= 0.3 is 0 Å². The quantitative estimate of drug-likeness (QED) is 0.906. The lowest BCUT2D eigenvalue weighted by atomic mass is 9.98. The van der Waals surface area contributed by atoms with Gasteiger partial charge in [-0.15, -0.1) is 0 Å². The van der Waals surface area contributed by atoms with Gasteiger partial charge in [0, 0.05) is 17.5 Å². The molecule has 0 aliphatic carbocycles. The molecule has 0 bridgehead atoms. The van der Waals surface area contributed by atoms with Gasteiger partial charge in [0.15, 0.2) is 11.6 Å². The van der Waals surface area contributed by atoms with Crippen LogP contribution >= 0.6 is 0 Å². The van der Waals surface area contributed by atoms with E-state index in [0.717, 1.165) is 17.7 Å². The second-order valence-electron chi connectivity index (χ2n) is 3.99. The highest BCUT2D eigenvalue weighted by molar-refractivity contribution is 5.38. The maximum Gasteiger partial charge on any atom is 0.170 e. The van der Waals surface area contributed by atoms with Gasteiger partial charge < -0.3 is 14.9 Å². The zero-order valence-electron chi connectivity index (χ0n) is 10.4. The summed E-state index contributed by atoms with van der Waals surface area (Å²) >= 11 is 0. The Morgan fingerprint density at radius 1 is 1.33 bits per heavy atom. The fourth-order valence-corrected chi connectivity index (χ4v) is 2.01. The minimum Gasteiger partial charge on any atom is -0.494 e. The summed E-state index contributed by atoms with van der Waals surface area (Å²) in [5, 5.41) is 0. The first kappa shape index (κ1) is 12.6. The van der Waals surface area contributed by atoms with E-state index in [1.54, 1.807) is 30.5 Å². The Kier molecular flexibility index (Phi) is 3.67. The van der Waals surface area contributed by atoms with Crippen LogP contribution in [-0.2, 0) is 6.42 Å². The third-order valence-electron chi connectivity index (χ3n) is 2.98. The van der Waals surface area contributed by atoms with Crippen LogP contribution in [0.1, 0.15) is 29.9 Å². The van der Waals surface area contributed by atoms with E-state index in [4.69, 9.17) is 14.9 Å². The molecule has 0 amide bonds. The summed E-state index contributed by atoms with van der Waals surface area (Å²) in [4.78, 5) is 0. The van der Waals surface area contributed by atoms with E-state index in [1.807, 2.05) is 6.92 Å². The summed E-state index contributed by atoms with van der Waals surface area (Å²) in [6.07, 6.45) is 2.30. The van der Waals surface area contributed by atoms with Crippen LogP contribution in [0.15, 0.2) is 34.9 Å². The van der Waals surface area contributed by atoms with Gasteiger partial charge in [-0.2, -0.15) is 0 Å². The highest BCUT2D eigenvalue weighted by Gasteiger charge is 2.20. The zero-order valence-corrected chi connectivity index (χ0v) is 10.4. The molecule has 0 radical (unpaired) electrons. The van der Waals surface area contributed by atoms with E-state index in [9.17, 15) is 4.39 Å². The first-order chi connectivity index (χ1) is 8.69. The largest absolute Gasteiger partial charge is 0.494 e. The molecular weight excluding hydrogens is 233 g/mol. The number of hydrogen-bond donors (Lipinski definition) is 1. The Hall–Kier alpha value is -1.81. The monoisotopic (exact) mass is 249 g/mol. The van der Waals surface area contributed by atoms with Gasteiger partial charge in [-0.25, -0.2) is 4.39 Å². The number of benzene rings is 1. The van der Waals surface area contributed by atoms with Crippen molar-refractivity contribution in [2.45, 2.75) is 19.4 Å². The Morgan fingerprint density at radius 3 is 2.78 bits per heavy atom. The van der Waals surface area contributed by atoms with Crippen LogP contribution in [0.3, 0.4) is 0 Å². The summed E-state index contributed by atoms with van der Waals surface area (Å²) in [5.41, 5.74) is 7.32. The third-order valence-corrected chi connectivity index (χ3v) is 2.98. The summed E-state index contributed by atoms with van der Waals surface area (Å²) in [6.45, 7) is 1.97. The van der Waals surface area contributed by atoms with E-state index in [-0.39, 0.29) is 5.75 Å². The first-order valence-electron chi connectivity index (χ1n) is 5.83. The molecular formula is C14H16FNO2. The highest BCUT2D eigenvalue weighted by Crippen LogP contribution is 2.29. The Labute approximate surface area is 105 Å². The van der Waals surface area contributed by atoms with E-state index in [0.29, 0.717) is 5.56 Å². The smallest absolute Gasteiger partial charge is 0.170 e. The van der Waals surface area contributed by atoms with Crippen LogP contribution in [0.4, 0.5) is 4.39 Å². The van der Waals surface area contributed by atoms with Crippen molar-refractivity contribution in [1.29, 1.82) is 0 Å². The topological polar surface area (TPSA) is 48.4 Å². The summed E-state index contributed by atoms with van der Waals surface area (Å²) in [6, 6.07) is 6.19. The first-order valence-corrected chi connectivity index (χ1v) is 5.83. The molecule has 1 aromatic heterocycles. The van der Waals surface area contributed by atoms with Crippen molar-refractivity contribution in [3.8, 4) is 5.75 Å². The van der Waals surface area contributed by atoms with Gasteiger partial charge in [-0.1, -0.05) is 19.1 Å². The average molecular weight is 249 g/mol. The lowest BCUT2D eigenvalue weighted by Crippen LogP contribution is -2.14. The normalized spacial score (nSPS) is 12.4. The van der Waals surface area contributed by atoms with Gasteiger partial charge in [0.25, 0.3) is 0 Å². The summed E-state index contributed by atoms with van der Waals surface area (Å²) in [7, 11) is 1.43. The van der Waals surface area contributed by atoms with Gasteiger partial charge in [0.2, 0.25) is 0 Å². The molecule has 3 nitrogen and oxygen atoms in total. The average Bonchev–Trinajstić information content (AvgIpc) is 2.86. The Balaban J connectivity index is 2.43. The van der Waals surface area contributed by atoms with Crippen molar-refractivity contribution in [3.05, 3.63) is 53.2 Å². The molecule has 0 spiro atoms. The van der Waals surface area contributed by atoms with Crippen molar-refractivity contribution in [2.75, 3.05) is 7.11 Å². The van der Waals surface area contributed by atoms with Gasteiger partial charge in [-0.3, -0.25) is 0 Å². The minimum absolute atomic E-state index is 0.199. The summed E-state index contributed by atoms with van der Waals surface area (Å²) < 4.78 is 24.4. The molecule has 1 unspecified atom stereocenters. The van der Waals surface area contributed by atoms with Crippen LogP contribution in [0.25, 0.3) is 0 Å². The fraction of sp³-hybridized carbons (Fsp3) is 0.286. The molecule has 2 N–H and O–H groups in total. The lowest BCUT2D eigenvalue weighted by Gasteiger charge is -2.14. The van der Waals surface area contributed by atoms with Gasteiger partial charge in [0.1, 0.15) is 5.76 Å². The molecule has 0 aliphatic rings. The van der Waals surface area contributed by atoms with E-state index in [1.165, 1.54) is 7.11 Å². The number of ether oxygens (including phenoxy) is 1. The number of rotatable bonds is 4. The van der Waals surface area contributed by atoms with Crippen molar-refractivity contribution in [2.24, 2.45) is 5.73 Å². The number of aryl methyl sites for hydroxylation is 1.